The average molecular weight is 378 g/mol. The molecule has 7 nitrogen and oxygen atoms in total. The quantitative estimate of drug-likeness (QED) is 0.239. The normalized spacial score (nSPS) is 10.7. The molecule has 2 rings (SSSR count). The molecule has 0 atom stereocenters. The number of nitrogens with zero attached hydrogens (tertiary/aromatic N) is 2. The number of nitrogens with one attached hydrogen (secondary N) is 1. The van der Waals surface area contributed by atoms with Gasteiger partial charge in [-0.05, 0) is 18.5 Å². The molecular weight excluding hydrogens is 365 g/mol. The summed E-state index contributed by atoms with van der Waals surface area (Å²) in [6.07, 6.45) is 0. The third kappa shape index (κ3) is 4.01. The van der Waals surface area contributed by atoms with E-state index in [1.54, 1.807) is 0 Å². The number of nitroso groups, excluding NO2 is 1. The van der Waals surface area contributed by atoms with Crippen LogP contribution in [0.3, 0.4) is 0 Å². The van der Waals surface area contributed by atoms with Crippen molar-refractivity contribution in [2.45, 2.75) is 6.92 Å². The summed E-state index contributed by atoms with van der Waals surface area (Å²) in [5, 5.41) is 14.7. The molecule has 0 saturated heterocycles. The van der Waals surface area contributed by atoms with E-state index in [9.17, 15) is 10.1 Å². The number of hydrogen-bond donors (Lipinski definition) is 1. The molecule has 1 heterocycles. The van der Waals surface area contributed by atoms with Gasteiger partial charge >= 0.3 is 0 Å². The Morgan fingerprint density at radius 1 is 1.30 bits per heavy atom. The molecule has 0 bridgehead atoms. The Morgan fingerprint density at radius 3 is 2.61 bits per heavy atom. The van der Waals surface area contributed by atoms with E-state index in [4.69, 9.17) is 38.2 Å². The second-order valence-corrected chi connectivity index (χ2v) is 6.55. The summed E-state index contributed by atoms with van der Waals surface area (Å²) in [5.74, 6) is 0.395. The number of benzene rings is 1. The van der Waals surface area contributed by atoms with Gasteiger partial charge in [0.1, 0.15) is 18.2 Å². The van der Waals surface area contributed by atoms with Crippen molar-refractivity contribution in [3.05, 3.63) is 31.1 Å². The molecule has 1 N–H and O–H groups in total. The van der Waals surface area contributed by atoms with Crippen LogP contribution in [0.2, 0.25) is 10.0 Å². The van der Waals surface area contributed by atoms with Crippen molar-refractivity contribution < 1.29 is 14.3 Å². The first-order valence-electron chi connectivity index (χ1n) is 6.57. The molecule has 2 aromatic rings. The molecule has 0 saturated carbocycles. The summed E-state index contributed by atoms with van der Waals surface area (Å²) in [6.45, 7) is 1.68. The SMILES string of the molecule is Cc1cc2c(Cl)c(OCC[N+](=N)[O-])c(OCCN=O)c(Cl)c2s1. The molecule has 0 spiro atoms. The van der Waals surface area contributed by atoms with E-state index in [1.165, 1.54) is 11.3 Å². The van der Waals surface area contributed by atoms with E-state index in [0.29, 0.717) is 10.0 Å². The summed E-state index contributed by atoms with van der Waals surface area (Å²) in [5.41, 5.74) is 6.83. The minimum atomic E-state index is -0.163. The molecule has 1 aromatic carbocycles. The number of halogens is 2. The van der Waals surface area contributed by atoms with E-state index >= 15 is 0 Å². The maximum absolute atomic E-state index is 10.7. The predicted molar refractivity (Wildman–Crippen MR) is 89.4 cm³/mol. The summed E-state index contributed by atoms with van der Waals surface area (Å²) >= 11 is 14.2. The second kappa shape index (κ2) is 7.76. The smallest absolute Gasteiger partial charge is 0.213 e. The molecule has 0 radical (unpaired) electrons. The zero-order chi connectivity index (χ0) is 17.0. The molecule has 0 aliphatic rings. The van der Waals surface area contributed by atoms with Crippen LogP contribution < -0.4 is 9.47 Å². The first-order valence-corrected chi connectivity index (χ1v) is 8.14. The third-order valence-electron chi connectivity index (χ3n) is 2.87. The van der Waals surface area contributed by atoms with Gasteiger partial charge in [-0.1, -0.05) is 33.2 Å². The Labute approximate surface area is 145 Å². The van der Waals surface area contributed by atoms with Crippen LogP contribution in [-0.4, -0.2) is 31.2 Å². The van der Waals surface area contributed by atoms with Gasteiger partial charge in [-0.2, -0.15) is 4.91 Å². The summed E-state index contributed by atoms with van der Waals surface area (Å²) in [4.78, 5) is 11.2. The Bertz CT molecular complexity index is 751. The Morgan fingerprint density at radius 2 is 1.96 bits per heavy atom. The second-order valence-electron chi connectivity index (χ2n) is 4.54. The van der Waals surface area contributed by atoms with Gasteiger partial charge < -0.3 is 14.7 Å². The molecule has 0 fully saturated rings. The highest BCUT2D eigenvalue weighted by atomic mass is 35.5. The standard InChI is InChI=1S/C13H13Cl2N3O4S/c1-7-6-8-9(14)11(22-5-3-18(16)20)12(21-4-2-17-19)10(15)13(8)23-7/h6,16H,2-5H2,1H3. The van der Waals surface area contributed by atoms with Crippen LogP contribution in [0.25, 0.3) is 10.1 Å². The van der Waals surface area contributed by atoms with Crippen molar-refractivity contribution >= 4 is 44.6 Å². The van der Waals surface area contributed by atoms with Gasteiger partial charge in [0.15, 0.2) is 18.1 Å². The lowest BCUT2D eigenvalue weighted by atomic mass is 10.2. The van der Waals surface area contributed by atoms with E-state index in [2.05, 4.69) is 5.18 Å². The van der Waals surface area contributed by atoms with Gasteiger partial charge in [0.25, 0.3) is 0 Å². The van der Waals surface area contributed by atoms with E-state index in [1.807, 2.05) is 13.0 Å². The lowest BCUT2D eigenvalue weighted by Gasteiger charge is -2.15. The molecule has 124 valence electrons. The Hall–Kier alpha value is -1.64. The minimum absolute atomic E-state index is 0.000375. The summed E-state index contributed by atoms with van der Waals surface area (Å²) in [6, 6.07) is 1.88. The molecule has 1 aromatic heterocycles. The fraction of sp³-hybridized carbons (Fsp3) is 0.385. The average Bonchev–Trinajstić information content (AvgIpc) is 2.89. The van der Waals surface area contributed by atoms with Crippen molar-refractivity contribution in [1.82, 2.24) is 0 Å². The lowest BCUT2D eigenvalue weighted by Crippen LogP contribution is -2.12. The van der Waals surface area contributed by atoms with Crippen molar-refractivity contribution in [1.29, 1.82) is 5.53 Å². The lowest BCUT2D eigenvalue weighted by molar-refractivity contribution is -0.552. The topological polar surface area (TPSA) is 97.8 Å². The summed E-state index contributed by atoms with van der Waals surface area (Å²) in [7, 11) is 0. The van der Waals surface area contributed by atoms with E-state index in [-0.39, 0.29) is 42.7 Å². The summed E-state index contributed by atoms with van der Waals surface area (Å²) < 4.78 is 11.7. The molecule has 10 heteroatoms. The van der Waals surface area contributed by atoms with Gasteiger partial charge in [-0.3, -0.25) is 0 Å². The Kier molecular flexibility index (Phi) is 5.97. The maximum atomic E-state index is 10.7. The molecule has 0 unspecified atom stereocenters. The first-order chi connectivity index (χ1) is 11.0. The molecule has 0 aliphatic heterocycles. The first kappa shape index (κ1) is 17.7. The molecule has 0 amide bonds. The number of aryl methyl sites for hydroxylation is 1. The molecular formula is C13H13Cl2N3O4S. The van der Waals surface area contributed by atoms with Crippen LogP contribution >= 0.6 is 34.5 Å². The van der Waals surface area contributed by atoms with Gasteiger partial charge in [-0.25, -0.2) is 0 Å². The number of ether oxygens (including phenoxy) is 2. The number of thiophene rings is 1. The van der Waals surface area contributed by atoms with Crippen molar-refractivity contribution in [3.8, 4) is 11.5 Å². The highest BCUT2D eigenvalue weighted by Gasteiger charge is 2.22. The van der Waals surface area contributed by atoms with Crippen LogP contribution in [0.5, 0.6) is 11.5 Å². The fourth-order valence-electron chi connectivity index (χ4n) is 1.94. The number of hydroxylamine groups is 1. The monoisotopic (exact) mass is 377 g/mol. The van der Waals surface area contributed by atoms with Crippen LogP contribution in [0, 0.1) is 22.6 Å². The number of rotatable bonds is 8. The van der Waals surface area contributed by atoms with Gasteiger partial charge in [0.2, 0.25) is 6.54 Å². The number of fused-ring (bicyclic) bond motifs is 1. The molecule has 0 aliphatic carbocycles. The fourth-order valence-corrected chi connectivity index (χ4v) is 3.59. The maximum Gasteiger partial charge on any atom is 0.213 e. The van der Waals surface area contributed by atoms with Gasteiger partial charge in [0.05, 0.1) is 9.72 Å². The van der Waals surface area contributed by atoms with E-state index in [0.717, 1.165) is 15.0 Å². The van der Waals surface area contributed by atoms with Crippen molar-refractivity contribution in [2.75, 3.05) is 26.3 Å². The third-order valence-corrected chi connectivity index (χ3v) is 4.78. The van der Waals surface area contributed by atoms with Gasteiger partial charge in [-0.15, -0.1) is 11.3 Å². The minimum Gasteiger partial charge on any atom is -0.600 e. The van der Waals surface area contributed by atoms with Crippen LogP contribution in [0.4, 0.5) is 0 Å². The predicted octanol–water partition coefficient (Wildman–Crippen LogP) is 4.58. The highest BCUT2D eigenvalue weighted by Crippen LogP contribution is 2.49. The van der Waals surface area contributed by atoms with Crippen molar-refractivity contribution in [2.24, 2.45) is 5.18 Å². The highest BCUT2D eigenvalue weighted by molar-refractivity contribution is 7.19. The van der Waals surface area contributed by atoms with Crippen LogP contribution in [0.1, 0.15) is 4.88 Å². The van der Waals surface area contributed by atoms with Gasteiger partial charge in [0, 0.05) is 10.3 Å². The zero-order valence-corrected chi connectivity index (χ0v) is 14.4. The van der Waals surface area contributed by atoms with Crippen LogP contribution in [0.15, 0.2) is 11.2 Å². The van der Waals surface area contributed by atoms with Crippen LogP contribution in [-0.2, 0) is 0 Å². The Balaban J connectivity index is 2.45. The number of hydrogen-bond acceptors (Lipinski definition) is 7. The molecule has 23 heavy (non-hydrogen) atoms. The van der Waals surface area contributed by atoms with E-state index < -0.39 is 0 Å². The largest absolute Gasteiger partial charge is 0.600 e. The zero-order valence-electron chi connectivity index (χ0n) is 12.1. The van der Waals surface area contributed by atoms with Crippen molar-refractivity contribution in [3.63, 3.8) is 0 Å².